The number of ether oxygens (including phenoxy) is 1. The Morgan fingerprint density at radius 2 is 2.03 bits per heavy atom. The molecule has 1 aromatic heterocycles. The lowest BCUT2D eigenvalue weighted by atomic mass is 10.2. The molecule has 0 saturated heterocycles. The quantitative estimate of drug-likeness (QED) is 0.213. The van der Waals surface area contributed by atoms with Crippen LogP contribution < -0.4 is 15.5 Å². The van der Waals surface area contributed by atoms with Gasteiger partial charge in [-0.1, -0.05) is 18.2 Å². The number of aliphatic imine (C=N–C) groups is 1. The van der Waals surface area contributed by atoms with Crippen molar-refractivity contribution in [3.05, 3.63) is 70.1 Å². The molecule has 29 heavy (non-hydrogen) atoms. The van der Waals surface area contributed by atoms with E-state index in [1.54, 1.807) is 24.3 Å². The number of carbonyl (C=O) groups excluding carboxylic acids is 1. The number of amides is 1. The van der Waals surface area contributed by atoms with E-state index in [2.05, 4.69) is 41.2 Å². The number of amidine groups is 1. The second-order valence-corrected chi connectivity index (χ2v) is 6.41. The molecule has 3 rings (SSSR count). The SMILES string of the molecule is O=C(NCCOc1nonc1C(=Nc1ccc(F)c(Br)c1)NO)c1ccccc1. The number of rotatable bonds is 7. The van der Waals surface area contributed by atoms with Gasteiger partial charge < -0.3 is 10.1 Å². The highest BCUT2D eigenvalue weighted by Gasteiger charge is 2.18. The minimum atomic E-state index is -0.452. The molecule has 3 N–H and O–H groups in total. The van der Waals surface area contributed by atoms with Gasteiger partial charge in [-0.15, -0.1) is 0 Å². The van der Waals surface area contributed by atoms with E-state index in [9.17, 15) is 14.4 Å². The number of nitrogens with zero attached hydrogens (tertiary/aromatic N) is 3. The number of hydrogen-bond donors (Lipinski definition) is 3. The zero-order valence-electron chi connectivity index (χ0n) is 14.8. The van der Waals surface area contributed by atoms with Gasteiger partial charge >= 0.3 is 0 Å². The Labute approximate surface area is 172 Å². The van der Waals surface area contributed by atoms with Crippen molar-refractivity contribution in [2.45, 2.75) is 0 Å². The highest BCUT2D eigenvalue weighted by atomic mass is 79.9. The maximum Gasteiger partial charge on any atom is 0.287 e. The van der Waals surface area contributed by atoms with Crippen molar-refractivity contribution in [1.29, 1.82) is 0 Å². The zero-order valence-corrected chi connectivity index (χ0v) is 16.4. The Balaban J connectivity index is 1.62. The first kappa shape index (κ1) is 20.4. The molecule has 1 amide bonds. The summed E-state index contributed by atoms with van der Waals surface area (Å²) in [5, 5.41) is 19.3. The molecule has 1 heterocycles. The average molecular weight is 464 g/mol. The van der Waals surface area contributed by atoms with Crippen LogP contribution in [0.3, 0.4) is 0 Å². The Hall–Kier alpha value is -3.31. The normalized spacial score (nSPS) is 11.2. The van der Waals surface area contributed by atoms with Crippen molar-refractivity contribution < 1.29 is 23.8 Å². The minimum absolute atomic E-state index is 0.00216. The van der Waals surface area contributed by atoms with E-state index in [1.807, 2.05) is 11.5 Å². The highest BCUT2D eigenvalue weighted by Crippen LogP contribution is 2.23. The second kappa shape index (κ2) is 9.75. The molecule has 0 bridgehead atoms. The van der Waals surface area contributed by atoms with Crippen molar-refractivity contribution >= 4 is 33.4 Å². The summed E-state index contributed by atoms with van der Waals surface area (Å²) < 4.78 is 23.6. The summed E-state index contributed by atoms with van der Waals surface area (Å²) in [7, 11) is 0. The van der Waals surface area contributed by atoms with Gasteiger partial charge in [-0.05, 0) is 56.6 Å². The third-order valence-electron chi connectivity index (χ3n) is 3.60. The van der Waals surface area contributed by atoms with Crippen LogP contribution in [0.15, 0.2) is 62.6 Å². The fourth-order valence-corrected chi connectivity index (χ4v) is 2.60. The maximum absolute atomic E-state index is 13.3. The molecular formula is C18H15BrFN5O4. The topological polar surface area (TPSA) is 122 Å². The first-order valence-electron chi connectivity index (χ1n) is 8.31. The minimum Gasteiger partial charge on any atom is -0.472 e. The maximum atomic E-state index is 13.3. The third kappa shape index (κ3) is 5.36. The smallest absolute Gasteiger partial charge is 0.287 e. The molecule has 11 heteroatoms. The second-order valence-electron chi connectivity index (χ2n) is 5.56. The summed E-state index contributed by atoms with van der Waals surface area (Å²) in [5.74, 6) is -0.852. The van der Waals surface area contributed by atoms with Gasteiger partial charge in [-0.25, -0.2) is 14.0 Å². The van der Waals surface area contributed by atoms with Gasteiger partial charge in [0, 0.05) is 5.56 Å². The van der Waals surface area contributed by atoms with Gasteiger partial charge in [0.15, 0.2) is 5.84 Å². The van der Waals surface area contributed by atoms with E-state index < -0.39 is 5.82 Å². The van der Waals surface area contributed by atoms with Gasteiger partial charge in [-0.3, -0.25) is 15.5 Å². The molecule has 9 nitrogen and oxygen atoms in total. The van der Waals surface area contributed by atoms with E-state index in [4.69, 9.17) is 4.74 Å². The lowest BCUT2D eigenvalue weighted by molar-refractivity contribution is 0.0946. The Morgan fingerprint density at radius 1 is 1.24 bits per heavy atom. The summed E-state index contributed by atoms with van der Waals surface area (Å²) in [6, 6.07) is 12.8. The van der Waals surface area contributed by atoms with Crippen LogP contribution in [0.1, 0.15) is 16.1 Å². The molecule has 0 aliphatic heterocycles. The van der Waals surface area contributed by atoms with Gasteiger partial charge in [-0.2, -0.15) is 0 Å². The average Bonchev–Trinajstić information content (AvgIpc) is 3.20. The molecular weight excluding hydrogens is 449 g/mol. The standard InChI is InChI=1S/C18H15BrFN5O4/c19-13-10-12(6-7-14(13)20)22-16(23-27)15-18(25-29-24-15)28-9-8-21-17(26)11-4-2-1-3-5-11/h1-7,10,27H,8-9H2,(H,21,26)(H,22,23). The lowest BCUT2D eigenvalue weighted by Crippen LogP contribution is -2.28. The van der Waals surface area contributed by atoms with E-state index in [0.717, 1.165) is 0 Å². The van der Waals surface area contributed by atoms with Crippen LogP contribution >= 0.6 is 15.9 Å². The van der Waals surface area contributed by atoms with Crippen molar-refractivity contribution in [2.24, 2.45) is 4.99 Å². The number of hydroxylamine groups is 1. The first-order valence-corrected chi connectivity index (χ1v) is 9.10. The molecule has 150 valence electrons. The van der Waals surface area contributed by atoms with Crippen LogP contribution in [-0.2, 0) is 0 Å². The van der Waals surface area contributed by atoms with Crippen LogP contribution in [0.2, 0.25) is 0 Å². The Bertz CT molecular complexity index is 1010. The summed E-state index contributed by atoms with van der Waals surface area (Å²) in [5.41, 5.74) is 2.75. The molecule has 2 aromatic carbocycles. The van der Waals surface area contributed by atoms with Crippen LogP contribution in [0, 0.1) is 5.82 Å². The number of nitrogens with one attached hydrogen (secondary N) is 2. The fourth-order valence-electron chi connectivity index (χ4n) is 2.24. The predicted molar refractivity (Wildman–Crippen MR) is 104 cm³/mol. The van der Waals surface area contributed by atoms with Gasteiger partial charge in [0.2, 0.25) is 5.69 Å². The summed E-state index contributed by atoms with van der Waals surface area (Å²) in [6.07, 6.45) is 0. The first-order chi connectivity index (χ1) is 14.1. The molecule has 0 spiro atoms. The van der Waals surface area contributed by atoms with Crippen molar-refractivity contribution in [3.63, 3.8) is 0 Å². The van der Waals surface area contributed by atoms with E-state index >= 15 is 0 Å². The van der Waals surface area contributed by atoms with Crippen LogP contribution in [0.5, 0.6) is 5.88 Å². The van der Waals surface area contributed by atoms with E-state index in [0.29, 0.717) is 11.3 Å². The molecule has 0 aliphatic rings. The van der Waals surface area contributed by atoms with Gasteiger partial charge in [0.25, 0.3) is 11.8 Å². The van der Waals surface area contributed by atoms with Crippen LogP contribution in [0.25, 0.3) is 0 Å². The Kier molecular flexibility index (Phi) is 6.87. The molecule has 0 atom stereocenters. The molecule has 0 unspecified atom stereocenters. The zero-order chi connectivity index (χ0) is 20.6. The van der Waals surface area contributed by atoms with Crippen LogP contribution in [0.4, 0.5) is 10.1 Å². The fraction of sp³-hybridized carbons (Fsp3) is 0.111. The highest BCUT2D eigenvalue weighted by molar-refractivity contribution is 9.10. The van der Waals surface area contributed by atoms with Gasteiger partial charge in [0.1, 0.15) is 12.4 Å². The van der Waals surface area contributed by atoms with Crippen molar-refractivity contribution in [3.8, 4) is 5.88 Å². The lowest BCUT2D eigenvalue weighted by Gasteiger charge is -2.07. The number of hydrogen-bond acceptors (Lipinski definition) is 7. The summed E-state index contributed by atoms with van der Waals surface area (Å²) in [4.78, 5) is 16.1. The monoisotopic (exact) mass is 463 g/mol. The molecule has 0 fully saturated rings. The molecule has 0 aliphatic carbocycles. The van der Waals surface area contributed by atoms with E-state index in [-0.39, 0.29) is 40.9 Å². The summed E-state index contributed by atoms with van der Waals surface area (Å²) >= 11 is 3.06. The van der Waals surface area contributed by atoms with E-state index in [1.165, 1.54) is 18.2 Å². The van der Waals surface area contributed by atoms with Crippen molar-refractivity contribution in [1.82, 2.24) is 21.1 Å². The molecule has 0 saturated carbocycles. The largest absolute Gasteiger partial charge is 0.472 e. The number of aromatic nitrogens is 2. The van der Waals surface area contributed by atoms with Crippen molar-refractivity contribution in [2.75, 3.05) is 13.2 Å². The Morgan fingerprint density at radius 3 is 2.76 bits per heavy atom. The predicted octanol–water partition coefficient (Wildman–Crippen LogP) is 2.84. The number of halogens is 2. The number of benzene rings is 2. The van der Waals surface area contributed by atoms with Crippen LogP contribution in [-0.4, -0.2) is 40.4 Å². The molecule has 0 radical (unpaired) electrons. The molecule has 3 aromatic rings. The number of carbonyl (C=O) groups is 1. The summed E-state index contributed by atoms with van der Waals surface area (Å²) in [6.45, 7) is 0.268. The van der Waals surface area contributed by atoms with Gasteiger partial charge in [0.05, 0.1) is 16.7 Å². The third-order valence-corrected chi connectivity index (χ3v) is 4.20.